The van der Waals surface area contributed by atoms with E-state index in [-0.39, 0.29) is 35.2 Å². The molecule has 1 aliphatic heterocycles. The molecule has 8 nitrogen and oxygen atoms in total. The lowest BCUT2D eigenvalue weighted by Gasteiger charge is -2.15. The summed E-state index contributed by atoms with van der Waals surface area (Å²) < 4.78 is 7.01. The largest absolute Gasteiger partial charge is 0.394 e. The van der Waals surface area contributed by atoms with Crippen LogP contribution in [0.5, 0.6) is 0 Å². The number of aromatic nitrogens is 3. The van der Waals surface area contributed by atoms with E-state index in [1.807, 2.05) is 0 Å². The minimum absolute atomic E-state index is 0.0317. The minimum atomic E-state index is -0.808. The first-order valence-electron chi connectivity index (χ1n) is 6.02. The highest BCUT2D eigenvalue weighted by atomic mass is 35.5. The van der Waals surface area contributed by atoms with Crippen LogP contribution in [0.3, 0.4) is 0 Å². The summed E-state index contributed by atoms with van der Waals surface area (Å²) in [5.41, 5.74) is 5.42. The summed E-state index contributed by atoms with van der Waals surface area (Å²) in [4.78, 5) is 18.2. The van der Waals surface area contributed by atoms with E-state index >= 15 is 0 Å². The van der Waals surface area contributed by atoms with Gasteiger partial charge in [-0.15, -0.1) is 0 Å². The normalized spacial score (nSPS) is 26.4. The van der Waals surface area contributed by atoms with Gasteiger partial charge in [0.05, 0.1) is 18.1 Å². The van der Waals surface area contributed by atoms with Crippen LogP contribution in [0.25, 0.3) is 11.0 Å². The standard InChI is InChI=1S/C11H13ClN4O4/c12-7-1-4-9(14-11(13)15-10(4)19)16(7)8-2-5(18)6(3-17)20-8/h1,5-6,8,17-18H,2-3H2,(H3,13,14,15,19)/t5-,6+,8+/m0/s1. The third-order valence-electron chi connectivity index (χ3n) is 3.35. The Bertz CT molecular complexity index is 712. The summed E-state index contributed by atoms with van der Waals surface area (Å²) in [6.45, 7) is -0.301. The molecule has 1 saturated heterocycles. The summed E-state index contributed by atoms with van der Waals surface area (Å²) in [6, 6.07) is 1.46. The summed E-state index contributed by atoms with van der Waals surface area (Å²) in [6.07, 6.45) is -1.87. The highest BCUT2D eigenvalue weighted by molar-refractivity contribution is 6.30. The van der Waals surface area contributed by atoms with Crippen LogP contribution in [0.15, 0.2) is 10.9 Å². The molecular formula is C11H13ClN4O4. The molecule has 0 radical (unpaired) electrons. The Balaban J connectivity index is 2.13. The summed E-state index contributed by atoms with van der Waals surface area (Å²) in [5.74, 6) is -0.0317. The number of aliphatic hydroxyl groups excluding tert-OH is 2. The lowest BCUT2D eigenvalue weighted by molar-refractivity contribution is -0.0429. The SMILES string of the molecule is Nc1nc2c(cc(Cl)n2[C@H]2C[C@H](O)[C@@H](CO)O2)c(=O)[nH]1. The van der Waals surface area contributed by atoms with Gasteiger partial charge in [0.15, 0.2) is 5.65 Å². The number of nitrogen functional groups attached to an aromatic ring is 1. The number of anilines is 1. The van der Waals surface area contributed by atoms with Crippen molar-refractivity contribution in [2.24, 2.45) is 0 Å². The van der Waals surface area contributed by atoms with Gasteiger partial charge in [-0.3, -0.25) is 14.3 Å². The highest BCUT2D eigenvalue weighted by Crippen LogP contribution is 2.34. The maximum absolute atomic E-state index is 11.8. The summed E-state index contributed by atoms with van der Waals surface area (Å²) in [5, 5.41) is 19.4. The first kappa shape index (κ1) is 13.4. The monoisotopic (exact) mass is 300 g/mol. The molecule has 0 aromatic carbocycles. The van der Waals surface area contributed by atoms with Gasteiger partial charge >= 0.3 is 0 Å². The molecule has 1 aliphatic rings. The number of ether oxygens (including phenoxy) is 1. The van der Waals surface area contributed by atoms with E-state index in [0.717, 1.165) is 0 Å². The van der Waals surface area contributed by atoms with Crippen molar-refractivity contribution in [3.05, 3.63) is 21.6 Å². The Labute approximate surface area is 117 Å². The third kappa shape index (κ3) is 1.97. The van der Waals surface area contributed by atoms with Crippen molar-refractivity contribution >= 4 is 28.6 Å². The van der Waals surface area contributed by atoms with Crippen molar-refractivity contribution in [2.75, 3.05) is 12.3 Å². The van der Waals surface area contributed by atoms with Crippen LogP contribution in [-0.2, 0) is 4.74 Å². The molecule has 9 heteroatoms. The van der Waals surface area contributed by atoms with Gasteiger partial charge in [-0.1, -0.05) is 11.6 Å². The average molecular weight is 301 g/mol. The van der Waals surface area contributed by atoms with Gasteiger partial charge in [-0.05, 0) is 6.07 Å². The van der Waals surface area contributed by atoms with E-state index in [0.29, 0.717) is 0 Å². The Kier molecular flexibility index (Phi) is 3.17. The average Bonchev–Trinajstić information content (AvgIpc) is 2.89. The van der Waals surface area contributed by atoms with E-state index in [9.17, 15) is 9.90 Å². The number of rotatable bonds is 2. The topological polar surface area (TPSA) is 126 Å². The fraction of sp³-hybridized carbons (Fsp3) is 0.455. The first-order valence-corrected chi connectivity index (χ1v) is 6.39. The predicted molar refractivity (Wildman–Crippen MR) is 71.4 cm³/mol. The number of fused-ring (bicyclic) bond motifs is 1. The predicted octanol–water partition coefficient (Wildman–Crippen LogP) is -0.399. The van der Waals surface area contributed by atoms with E-state index < -0.39 is 24.0 Å². The van der Waals surface area contributed by atoms with Gasteiger partial charge in [0, 0.05) is 6.42 Å². The van der Waals surface area contributed by atoms with Gasteiger partial charge in [0.1, 0.15) is 17.5 Å². The van der Waals surface area contributed by atoms with Crippen LogP contribution in [0.2, 0.25) is 5.15 Å². The molecule has 2 aromatic heterocycles. The maximum Gasteiger partial charge on any atom is 0.261 e. The van der Waals surface area contributed by atoms with Gasteiger partial charge in [-0.2, -0.15) is 4.98 Å². The number of H-pyrrole nitrogens is 1. The molecule has 3 heterocycles. The van der Waals surface area contributed by atoms with Gasteiger partial charge in [0.25, 0.3) is 5.56 Å². The molecule has 0 saturated carbocycles. The molecule has 20 heavy (non-hydrogen) atoms. The number of halogens is 1. The molecule has 3 atom stereocenters. The lowest BCUT2D eigenvalue weighted by atomic mass is 10.2. The Hall–Kier alpha value is -1.61. The van der Waals surface area contributed by atoms with E-state index in [2.05, 4.69) is 9.97 Å². The van der Waals surface area contributed by atoms with Crippen LogP contribution < -0.4 is 11.3 Å². The van der Waals surface area contributed by atoms with Crippen LogP contribution in [-0.4, -0.2) is 43.6 Å². The van der Waals surface area contributed by atoms with Gasteiger partial charge in [0.2, 0.25) is 5.95 Å². The number of nitrogens with two attached hydrogens (primary N) is 1. The smallest absolute Gasteiger partial charge is 0.261 e. The van der Waals surface area contributed by atoms with Gasteiger partial charge in [-0.25, -0.2) is 0 Å². The molecule has 0 aliphatic carbocycles. The van der Waals surface area contributed by atoms with Crippen molar-refractivity contribution < 1.29 is 14.9 Å². The van der Waals surface area contributed by atoms with Crippen LogP contribution in [0.1, 0.15) is 12.6 Å². The van der Waals surface area contributed by atoms with Crippen molar-refractivity contribution in [2.45, 2.75) is 24.9 Å². The zero-order chi connectivity index (χ0) is 14.4. The molecule has 0 unspecified atom stereocenters. The second-order valence-electron chi connectivity index (χ2n) is 4.64. The number of nitrogens with one attached hydrogen (secondary N) is 1. The van der Waals surface area contributed by atoms with E-state index in [1.54, 1.807) is 0 Å². The second kappa shape index (κ2) is 4.74. The fourth-order valence-electron chi connectivity index (χ4n) is 2.40. The molecule has 1 fully saturated rings. The lowest BCUT2D eigenvalue weighted by Crippen LogP contribution is -2.24. The number of nitrogens with zero attached hydrogens (tertiary/aromatic N) is 2. The zero-order valence-electron chi connectivity index (χ0n) is 10.3. The fourth-order valence-corrected chi connectivity index (χ4v) is 2.70. The first-order chi connectivity index (χ1) is 9.51. The van der Waals surface area contributed by atoms with Gasteiger partial charge < -0.3 is 20.7 Å². The Morgan fingerprint density at radius 3 is 3.05 bits per heavy atom. The van der Waals surface area contributed by atoms with Crippen LogP contribution >= 0.6 is 11.6 Å². The maximum atomic E-state index is 11.8. The zero-order valence-corrected chi connectivity index (χ0v) is 11.0. The number of hydrogen-bond donors (Lipinski definition) is 4. The van der Waals surface area contributed by atoms with Crippen LogP contribution in [0, 0.1) is 0 Å². The molecular weight excluding hydrogens is 288 g/mol. The quantitative estimate of drug-likeness (QED) is 0.598. The summed E-state index contributed by atoms with van der Waals surface area (Å²) in [7, 11) is 0. The molecule has 3 rings (SSSR count). The number of hydrogen-bond acceptors (Lipinski definition) is 6. The number of aromatic amines is 1. The van der Waals surface area contributed by atoms with Crippen molar-refractivity contribution in [1.82, 2.24) is 14.5 Å². The van der Waals surface area contributed by atoms with E-state index in [1.165, 1.54) is 10.6 Å². The second-order valence-corrected chi connectivity index (χ2v) is 5.03. The molecule has 5 N–H and O–H groups in total. The Morgan fingerprint density at radius 2 is 2.40 bits per heavy atom. The molecule has 2 aromatic rings. The molecule has 0 spiro atoms. The highest BCUT2D eigenvalue weighted by Gasteiger charge is 2.36. The Morgan fingerprint density at radius 1 is 1.65 bits per heavy atom. The van der Waals surface area contributed by atoms with Crippen molar-refractivity contribution in [1.29, 1.82) is 0 Å². The molecule has 0 bridgehead atoms. The summed E-state index contributed by atoms with van der Waals surface area (Å²) >= 11 is 6.12. The van der Waals surface area contributed by atoms with Crippen LogP contribution in [0.4, 0.5) is 5.95 Å². The molecule has 108 valence electrons. The molecule has 0 amide bonds. The third-order valence-corrected chi connectivity index (χ3v) is 3.64. The van der Waals surface area contributed by atoms with E-state index in [4.69, 9.17) is 27.2 Å². The number of aliphatic hydroxyl groups is 2. The van der Waals surface area contributed by atoms with Crippen molar-refractivity contribution in [3.8, 4) is 0 Å². The minimum Gasteiger partial charge on any atom is -0.394 e. The van der Waals surface area contributed by atoms with Crippen molar-refractivity contribution in [3.63, 3.8) is 0 Å².